The van der Waals surface area contributed by atoms with E-state index in [1.165, 1.54) is 12.1 Å². The number of nitrogens with zero attached hydrogens (tertiary/aromatic N) is 5. The molecule has 14 heteroatoms. The fourth-order valence-electron chi connectivity index (χ4n) is 4.92. The van der Waals surface area contributed by atoms with Crippen molar-refractivity contribution in [3.8, 4) is 34.0 Å². The van der Waals surface area contributed by atoms with Crippen molar-refractivity contribution in [3.05, 3.63) is 72.4 Å². The first-order chi connectivity index (χ1) is 21.3. The molecule has 0 aliphatic heterocycles. The zero-order valence-corrected chi connectivity index (χ0v) is 25.8. The van der Waals surface area contributed by atoms with E-state index in [2.05, 4.69) is 35.2 Å². The molecule has 0 bridgehead atoms. The zero-order chi connectivity index (χ0) is 31.9. The minimum Gasteiger partial charge on any atom is -0.336 e. The van der Waals surface area contributed by atoms with Gasteiger partial charge in [0.15, 0.2) is 11.5 Å². The Balaban J connectivity index is 1.34. The maximum absolute atomic E-state index is 14.6. The number of hydrogen-bond donors (Lipinski definition) is 4. The average Bonchev–Trinajstić information content (AvgIpc) is 3.58. The second kappa shape index (κ2) is 11.4. The molecule has 5 aromatic heterocycles. The number of aromatic nitrogens is 7. The second-order valence-electron chi connectivity index (χ2n) is 12.0. The Morgan fingerprint density at radius 3 is 2.53 bits per heavy atom. The van der Waals surface area contributed by atoms with Crippen molar-refractivity contribution in [2.24, 2.45) is 5.41 Å². The van der Waals surface area contributed by atoms with Gasteiger partial charge in [-0.2, -0.15) is 5.10 Å². The quantitative estimate of drug-likeness (QED) is 0.179. The number of fused-ring (bicyclic) bond motifs is 2. The Labute approximate surface area is 258 Å². The minimum absolute atomic E-state index is 0.0691. The number of rotatable bonds is 8. The van der Waals surface area contributed by atoms with Gasteiger partial charge in [0, 0.05) is 36.5 Å². The lowest BCUT2D eigenvalue weighted by atomic mass is 9.92. The van der Waals surface area contributed by atoms with Gasteiger partial charge in [0.2, 0.25) is 15.9 Å². The van der Waals surface area contributed by atoms with Crippen molar-refractivity contribution in [2.75, 3.05) is 11.6 Å². The lowest BCUT2D eigenvalue weighted by Crippen LogP contribution is -2.21. The molecule has 0 atom stereocenters. The van der Waals surface area contributed by atoms with Crippen molar-refractivity contribution in [1.82, 2.24) is 39.8 Å². The van der Waals surface area contributed by atoms with Gasteiger partial charge in [-0.3, -0.25) is 19.9 Å². The summed E-state index contributed by atoms with van der Waals surface area (Å²) in [5, 5.41) is 10.4. The molecule has 0 unspecified atom stereocenters. The lowest BCUT2D eigenvalue weighted by molar-refractivity contribution is -0.117. The van der Waals surface area contributed by atoms with Crippen LogP contribution in [0.25, 0.3) is 56.1 Å². The number of sulfonamides is 1. The molecule has 0 aliphatic rings. The topological polar surface area (TPSA) is 171 Å². The molecular weight excluding hydrogens is 597 g/mol. The van der Waals surface area contributed by atoms with E-state index < -0.39 is 15.8 Å². The lowest BCUT2D eigenvalue weighted by Gasteiger charge is -2.17. The number of carbonyl (C=O) groups excluding carboxylic acids is 1. The number of amides is 1. The van der Waals surface area contributed by atoms with Crippen LogP contribution in [0.15, 0.2) is 61.1 Å². The van der Waals surface area contributed by atoms with Gasteiger partial charge < -0.3 is 10.3 Å². The number of hydrogen-bond acceptors (Lipinski definition) is 8. The van der Waals surface area contributed by atoms with E-state index in [9.17, 15) is 17.6 Å². The highest BCUT2D eigenvalue weighted by atomic mass is 32.2. The maximum atomic E-state index is 14.6. The summed E-state index contributed by atoms with van der Waals surface area (Å²) in [5.74, 6) is -0.206. The van der Waals surface area contributed by atoms with E-state index in [1.807, 2.05) is 39.0 Å². The SMILES string of the molecule is CC(C)(C)CC(=O)Nc1cncc(-c2ccc3[nH]nc(-c4nc5c(-c6cc(F)cc(CNS(C)(=O)=O)c6)nccc5[nH]4)c3n2)c1. The van der Waals surface area contributed by atoms with Crippen LogP contribution in [0.5, 0.6) is 0 Å². The molecule has 0 spiro atoms. The monoisotopic (exact) mass is 627 g/mol. The van der Waals surface area contributed by atoms with E-state index in [0.29, 0.717) is 73.8 Å². The van der Waals surface area contributed by atoms with Crippen LogP contribution in [0.3, 0.4) is 0 Å². The molecule has 0 saturated carbocycles. The van der Waals surface area contributed by atoms with Gasteiger partial charge in [0.05, 0.1) is 40.6 Å². The number of nitrogens with one attached hydrogen (secondary N) is 4. The fraction of sp³-hybridized carbons (Fsp3) is 0.226. The maximum Gasteiger partial charge on any atom is 0.224 e. The predicted molar refractivity (Wildman–Crippen MR) is 170 cm³/mol. The van der Waals surface area contributed by atoms with Crippen LogP contribution in [0.4, 0.5) is 10.1 Å². The van der Waals surface area contributed by atoms with Gasteiger partial charge >= 0.3 is 0 Å². The molecule has 6 aromatic rings. The third kappa shape index (κ3) is 6.86. The Morgan fingerprint density at radius 2 is 1.76 bits per heavy atom. The molecule has 12 nitrogen and oxygen atoms in total. The number of H-pyrrole nitrogens is 2. The summed E-state index contributed by atoms with van der Waals surface area (Å²) in [6, 6.07) is 11.5. The van der Waals surface area contributed by atoms with E-state index in [0.717, 1.165) is 6.26 Å². The Kier molecular flexibility index (Phi) is 7.62. The number of anilines is 1. The zero-order valence-electron chi connectivity index (χ0n) is 24.9. The molecule has 4 N–H and O–H groups in total. The van der Waals surface area contributed by atoms with Gasteiger partial charge in [0.1, 0.15) is 16.9 Å². The summed E-state index contributed by atoms with van der Waals surface area (Å²) in [6.07, 6.45) is 6.26. The molecule has 0 fully saturated rings. The molecule has 1 amide bonds. The van der Waals surface area contributed by atoms with Crippen LogP contribution in [-0.2, 0) is 21.4 Å². The highest BCUT2D eigenvalue weighted by molar-refractivity contribution is 7.88. The summed E-state index contributed by atoms with van der Waals surface area (Å²) < 4.78 is 40.1. The third-order valence-electron chi connectivity index (χ3n) is 6.81. The molecule has 0 saturated heterocycles. The van der Waals surface area contributed by atoms with E-state index in [1.54, 1.807) is 30.7 Å². The first-order valence-corrected chi connectivity index (χ1v) is 15.9. The van der Waals surface area contributed by atoms with Crippen molar-refractivity contribution < 1.29 is 17.6 Å². The molecule has 45 heavy (non-hydrogen) atoms. The van der Waals surface area contributed by atoms with Gasteiger partial charge in [-0.05, 0) is 53.4 Å². The average molecular weight is 628 g/mol. The van der Waals surface area contributed by atoms with Crippen molar-refractivity contribution in [2.45, 2.75) is 33.7 Å². The highest BCUT2D eigenvalue weighted by Crippen LogP contribution is 2.32. The van der Waals surface area contributed by atoms with E-state index in [4.69, 9.17) is 9.97 Å². The fourth-order valence-corrected chi connectivity index (χ4v) is 5.35. The Bertz CT molecular complexity index is 2190. The molecule has 0 aliphatic carbocycles. The smallest absolute Gasteiger partial charge is 0.224 e. The van der Waals surface area contributed by atoms with Gasteiger partial charge in [-0.25, -0.2) is 27.5 Å². The molecule has 0 radical (unpaired) electrons. The number of halogens is 1. The van der Waals surface area contributed by atoms with Crippen molar-refractivity contribution >= 4 is 43.7 Å². The largest absolute Gasteiger partial charge is 0.336 e. The minimum atomic E-state index is -3.46. The van der Waals surface area contributed by atoms with E-state index in [-0.39, 0.29) is 17.9 Å². The van der Waals surface area contributed by atoms with Crippen LogP contribution in [0.2, 0.25) is 0 Å². The number of pyridine rings is 3. The van der Waals surface area contributed by atoms with Crippen LogP contribution in [0, 0.1) is 11.2 Å². The standard InChI is InChI=1S/C31H30FN9O3S/c1-31(2,3)13-25(42)36-21-12-19(15-33-16-21)22-5-6-24-28(37-22)29(41-40-24)30-38-23-7-8-34-26(27(23)39-30)18-9-17(10-20(32)11-18)14-35-45(4,43)44/h5-12,15-16,35H,13-14H2,1-4H3,(H,36,42)(H,38,39)(H,40,41). The van der Waals surface area contributed by atoms with Crippen LogP contribution in [-0.4, -0.2) is 55.7 Å². The number of aromatic amines is 2. The van der Waals surface area contributed by atoms with Crippen LogP contribution in [0.1, 0.15) is 32.8 Å². The summed E-state index contributed by atoms with van der Waals surface area (Å²) in [7, 11) is -3.46. The third-order valence-corrected chi connectivity index (χ3v) is 7.48. The van der Waals surface area contributed by atoms with Crippen molar-refractivity contribution in [1.29, 1.82) is 0 Å². The summed E-state index contributed by atoms with van der Waals surface area (Å²) in [6.45, 7) is 5.94. The molecule has 230 valence electrons. The van der Waals surface area contributed by atoms with E-state index >= 15 is 0 Å². The van der Waals surface area contributed by atoms with Gasteiger partial charge in [-0.15, -0.1) is 0 Å². The first kappa shape index (κ1) is 30.0. The van der Waals surface area contributed by atoms with Gasteiger partial charge in [0.25, 0.3) is 0 Å². The molecule has 1 aromatic carbocycles. The van der Waals surface area contributed by atoms with Gasteiger partial charge in [-0.1, -0.05) is 20.8 Å². The van der Waals surface area contributed by atoms with Crippen LogP contribution >= 0.6 is 0 Å². The van der Waals surface area contributed by atoms with Crippen molar-refractivity contribution in [3.63, 3.8) is 0 Å². The first-order valence-electron chi connectivity index (χ1n) is 14.0. The number of imidazole rings is 1. The highest BCUT2D eigenvalue weighted by Gasteiger charge is 2.19. The molecule has 5 heterocycles. The Morgan fingerprint density at radius 1 is 0.956 bits per heavy atom. The summed E-state index contributed by atoms with van der Waals surface area (Å²) in [5.41, 5.74) is 5.89. The predicted octanol–water partition coefficient (Wildman–Crippen LogP) is 5.19. The second-order valence-corrected chi connectivity index (χ2v) is 13.8. The Hall–Kier alpha value is -5.08. The normalized spacial score (nSPS) is 12.2. The molecule has 6 rings (SSSR count). The molecular formula is C31H30FN9O3S. The summed E-state index contributed by atoms with van der Waals surface area (Å²) in [4.78, 5) is 34.1. The summed E-state index contributed by atoms with van der Waals surface area (Å²) >= 11 is 0. The number of benzene rings is 1. The van der Waals surface area contributed by atoms with Crippen LogP contribution < -0.4 is 10.0 Å². The number of carbonyl (C=O) groups is 1.